The first-order valence-corrected chi connectivity index (χ1v) is 9.60. The molecule has 178 valence electrons. The van der Waals surface area contributed by atoms with Gasteiger partial charge < -0.3 is 48.8 Å². The SMILES string of the molecule is CC(=O)OC[C@H]1OC[C@H](OC(C)=O)[C@@H](OC(C)=O)[C@@H]1O[C@@H]1O[C@H](CO)[C@@H](O)[C@H](O)[C@H]1O. The van der Waals surface area contributed by atoms with Crippen molar-refractivity contribution in [1.82, 2.24) is 0 Å². The second kappa shape index (κ2) is 11.1. The molecule has 0 spiro atoms. The summed E-state index contributed by atoms with van der Waals surface area (Å²) < 4.78 is 32.0. The summed E-state index contributed by atoms with van der Waals surface area (Å²) in [5, 5.41) is 39.6. The Bertz CT molecular complexity index is 638. The van der Waals surface area contributed by atoms with E-state index < -0.39 is 79.6 Å². The van der Waals surface area contributed by atoms with Crippen molar-refractivity contribution >= 4 is 17.9 Å². The van der Waals surface area contributed by atoms with Crippen LogP contribution in [0.4, 0.5) is 0 Å². The molecule has 0 radical (unpaired) electrons. The molecule has 31 heavy (non-hydrogen) atoms. The van der Waals surface area contributed by atoms with Gasteiger partial charge in [-0.2, -0.15) is 0 Å². The van der Waals surface area contributed by atoms with E-state index in [0.29, 0.717) is 0 Å². The molecule has 0 saturated carbocycles. The van der Waals surface area contributed by atoms with Crippen LogP contribution in [-0.4, -0.2) is 113 Å². The highest BCUT2D eigenvalue weighted by molar-refractivity contribution is 5.67. The average molecular weight is 452 g/mol. The molecule has 0 aromatic heterocycles. The molecule has 0 aromatic rings. The maximum Gasteiger partial charge on any atom is 0.303 e. The first-order valence-electron chi connectivity index (χ1n) is 9.60. The summed E-state index contributed by atoms with van der Waals surface area (Å²) >= 11 is 0. The van der Waals surface area contributed by atoms with E-state index in [1.807, 2.05) is 0 Å². The van der Waals surface area contributed by atoms with Crippen LogP contribution < -0.4 is 0 Å². The molecule has 0 unspecified atom stereocenters. The van der Waals surface area contributed by atoms with Gasteiger partial charge in [0.25, 0.3) is 0 Å². The monoisotopic (exact) mass is 452 g/mol. The van der Waals surface area contributed by atoms with Crippen molar-refractivity contribution < 1.29 is 63.2 Å². The Morgan fingerprint density at radius 3 is 2.06 bits per heavy atom. The number of aliphatic hydroxyl groups excluding tert-OH is 4. The van der Waals surface area contributed by atoms with Crippen molar-refractivity contribution in [3.8, 4) is 0 Å². The van der Waals surface area contributed by atoms with E-state index in [4.69, 9.17) is 28.4 Å². The Labute approximate surface area is 177 Å². The predicted molar refractivity (Wildman–Crippen MR) is 96.1 cm³/mol. The average Bonchev–Trinajstić information content (AvgIpc) is 2.68. The Hall–Kier alpha value is -1.87. The number of carbonyl (C=O) groups excluding carboxylic acids is 3. The number of esters is 3. The van der Waals surface area contributed by atoms with Gasteiger partial charge in [-0.05, 0) is 0 Å². The second-order valence-electron chi connectivity index (χ2n) is 7.19. The Balaban J connectivity index is 2.31. The smallest absolute Gasteiger partial charge is 0.303 e. The van der Waals surface area contributed by atoms with E-state index in [-0.39, 0.29) is 13.2 Å². The highest BCUT2D eigenvalue weighted by Crippen LogP contribution is 2.29. The zero-order valence-electron chi connectivity index (χ0n) is 17.3. The summed E-state index contributed by atoms with van der Waals surface area (Å²) in [4.78, 5) is 34.4. The first-order chi connectivity index (χ1) is 14.5. The summed E-state index contributed by atoms with van der Waals surface area (Å²) in [6.45, 7) is 2.20. The Morgan fingerprint density at radius 1 is 0.871 bits per heavy atom. The van der Waals surface area contributed by atoms with E-state index in [2.05, 4.69) is 0 Å². The summed E-state index contributed by atoms with van der Waals surface area (Å²) in [7, 11) is 0. The van der Waals surface area contributed by atoms with Crippen LogP contribution in [0.3, 0.4) is 0 Å². The van der Waals surface area contributed by atoms with Gasteiger partial charge in [0, 0.05) is 20.8 Å². The number of rotatable bonds is 7. The van der Waals surface area contributed by atoms with Crippen LogP contribution in [0.25, 0.3) is 0 Å². The van der Waals surface area contributed by atoms with E-state index in [1.54, 1.807) is 0 Å². The van der Waals surface area contributed by atoms with Crippen molar-refractivity contribution in [2.75, 3.05) is 19.8 Å². The van der Waals surface area contributed by atoms with Gasteiger partial charge in [-0.3, -0.25) is 14.4 Å². The van der Waals surface area contributed by atoms with E-state index in [9.17, 15) is 34.8 Å². The molecular weight excluding hydrogens is 424 g/mol. The largest absolute Gasteiger partial charge is 0.463 e. The summed E-state index contributed by atoms with van der Waals surface area (Å²) in [5.41, 5.74) is 0. The molecule has 2 saturated heterocycles. The molecule has 2 fully saturated rings. The predicted octanol–water partition coefficient (Wildman–Crippen LogP) is -3.00. The zero-order chi connectivity index (χ0) is 23.3. The molecule has 0 bridgehead atoms. The van der Waals surface area contributed by atoms with Gasteiger partial charge in [-0.25, -0.2) is 0 Å². The molecule has 13 nitrogen and oxygen atoms in total. The number of hydrogen-bond donors (Lipinski definition) is 4. The summed E-state index contributed by atoms with van der Waals surface area (Å²) in [5.74, 6) is -2.05. The molecule has 2 aliphatic heterocycles. The van der Waals surface area contributed by atoms with Crippen LogP contribution in [0.1, 0.15) is 20.8 Å². The number of hydrogen-bond acceptors (Lipinski definition) is 13. The molecule has 2 rings (SSSR count). The maximum atomic E-state index is 11.7. The molecule has 9 atom stereocenters. The number of carbonyl (C=O) groups is 3. The third kappa shape index (κ3) is 6.55. The molecule has 0 amide bonds. The Kier molecular flexibility index (Phi) is 9.12. The molecule has 0 aromatic carbocycles. The third-order valence-electron chi connectivity index (χ3n) is 4.74. The van der Waals surface area contributed by atoms with Crippen LogP contribution in [0.15, 0.2) is 0 Å². The fourth-order valence-electron chi connectivity index (χ4n) is 3.32. The fraction of sp³-hybridized carbons (Fsp3) is 0.833. The molecule has 13 heteroatoms. The number of aliphatic hydroxyl groups is 4. The second-order valence-corrected chi connectivity index (χ2v) is 7.19. The quantitative estimate of drug-likeness (QED) is 0.226. The minimum atomic E-state index is -1.75. The van der Waals surface area contributed by atoms with E-state index in [0.717, 1.165) is 13.8 Å². The van der Waals surface area contributed by atoms with E-state index in [1.165, 1.54) is 6.92 Å². The lowest BCUT2D eigenvalue weighted by Crippen LogP contribution is -2.64. The third-order valence-corrected chi connectivity index (χ3v) is 4.74. The fourth-order valence-corrected chi connectivity index (χ4v) is 3.32. The summed E-state index contributed by atoms with van der Waals surface area (Å²) in [6, 6.07) is 0. The van der Waals surface area contributed by atoms with Crippen molar-refractivity contribution in [1.29, 1.82) is 0 Å². The minimum absolute atomic E-state index is 0.210. The molecule has 2 aliphatic rings. The van der Waals surface area contributed by atoms with Gasteiger partial charge in [-0.1, -0.05) is 0 Å². The van der Waals surface area contributed by atoms with Crippen molar-refractivity contribution in [3.05, 3.63) is 0 Å². The molecular formula is C18H28O13. The van der Waals surface area contributed by atoms with Gasteiger partial charge in [0.2, 0.25) is 0 Å². The van der Waals surface area contributed by atoms with Crippen LogP contribution in [-0.2, 0) is 42.8 Å². The molecule has 2 heterocycles. The lowest BCUT2D eigenvalue weighted by atomic mass is 9.97. The normalized spacial score (nSPS) is 38.2. The van der Waals surface area contributed by atoms with Gasteiger partial charge in [0.1, 0.15) is 43.2 Å². The van der Waals surface area contributed by atoms with Gasteiger partial charge in [-0.15, -0.1) is 0 Å². The van der Waals surface area contributed by atoms with Gasteiger partial charge in [0.05, 0.1) is 13.2 Å². The number of ether oxygens (including phenoxy) is 6. The minimum Gasteiger partial charge on any atom is -0.463 e. The van der Waals surface area contributed by atoms with Crippen LogP contribution >= 0.6 is 0 Å². The van der Waals surface area contributed by atoms with Crippen molar-refractivity contribution in [2.45, 2.75) is 75.9 Å². The molecule has 4 N–H and O–H groups in total. The van der Waals surface area contributed by atoms with Crippen molar-refractivity contribution in [2.24, 2.45) is 0 Å². The first kappa shape index (κ1) is 25.4. The Morgan fingerprint density at radius 2 is 1.52 bits per heavy atom. The topological polar surface area (TPSA) is 188 Å². The molecule has 0 aliphatic carbocycles. The lowest BCUT2D eigenvalue weighted by Gasteiger charge is -2.45. The van der Waals surface area contributed by atoms with E-state index >= 15 is 0 Å². The van der Waals surface area contributed by atoms with Crippen LogP contribution in [0, 0.1) is 0 Å². The van der Waals surface area contributed by atoms with Gasteiger partial charge in [0.15, 0.2) is 18.5 Å². The standard InChI is InChI=1S/C18H28O13/c1-7(20)26-5-11-16(17(29-9(3)22)12(6-27-11)28-8(2)21)31-18-15(25)14(24)13(23)10(4-19)30-18/h10-19,23-25H,4-6H2,1-3H3/t10-,11-,12+,13-,14+,15-,16-,17-,18+/m1/s1. The van der Waals surface area contributed by atoms with Gasteiger partial charge >= 0.3 is 17.9 Å². The lowest BCUT2D eigenvalue weighted by molar-refractivity contribution is -0.337. The summed E-state index contributed by atoms with van der Waals surface area (Å²) in [6.07, 6.45) is -12.6. The highest BCUT2D eigenvalue weighted by atomic mass is 16.7. The maximum absolute atomic E-state index is 11.7. The van der Waals surface area contributed by atoms with Crippen LogP contribution in [0.5, 0.6) is 0 Å². The van der Waals surface area contributed by atoms with Crippen LogP contribution in [0.2, 0.25) is 0 Å². The van der Waals surface area contributed by atoms with Crippen molar-refractivity contribution in [3.63, 3.8) is 0 Å². The highest BCUT2D eigenvalue weighted by Gasteiger charge is 2.51. The zero-order valence-corrected chi connectivity index (χ0v) is 17.3.